The lowest BCUT2D eigenvalue weighted by atomic mass is 10.1. The standard InChI is InChI=1S/C20H22Cl2N2O5S/c1-14(15-6-3-2-4-7-15)24-19(25)13-29-20(26)8-5-11-23-30(27,28)16-9-10-17(21)18(22)12-16/h2-4,6-7,9-10,12,14,23H,5,8,11,13H2,1H3,(H,24,25). The van der Waals surface area contributed by atoms with Gasteiger partial charge >= 0.3 is 5.97 Å². The highest BCUT2D eigenvalue weighted by molar-refractivity contribution is 7.89. The van der Waals surface area contributed by atoms with Crippen molar-refractivity contribution in [2.24, 2.45) is 0 Å². The lowest BCUT2D eigenvalue weighted by molar-refractivity contribution is -0.148. The van der Waals surface area contributed by atoms with Crippen molar-refractivity contribution in [1.29, 1.82) is 0 Å². The lowest BCUT2D eigenvalue weighted by Crippen LogP contribution is -2.31. The van der Waals surface area contributed by atoms with E-state index in [4.69, 9.17) is 27.9 Å². The maximum atomic E-state index is 12.2. The number of carbonyl (C=O) groups is 2. The normalized spacial score (nSPS) is 12.2. The Balaban J connectivity index is 1.68. The summed E-state index contributed by atoms with van der Waals surface area (Å²) < 4.78 is 31.7. The number of amides is 1. The van der Waals surface area contributed by atoms with Gasteiger partial charge in [-0.15, -0.1) is 0 Å². The van der Waals surface area contributed by atoms with Gasteiger partial charge < -0.3 is 10.1 Å². The van der Waals surface area contributed by atoms with Crippen molar-refractivity contribution in [3.63, 3.8) is 0 Å². The molecule has 1 atom stereocenters. The van der Waals surface area contributed by atoms with Crippen LogP contribution in [0.3, 0.4) is 0 Å². The summed E-state index contributed by atoms with van der Waals surface area (Å²) in [5, 5.41) is 3.12. The van der Waals surface area contributed by atoms with Crippen LogP contribution in [0, 0.1) is 0 Å². The Bertz CT molecular complexity index is 984. The predicted octanol–water partition coefficient (Wildman–Crippen LogP) is 3.47. The number of ether oxygens (including phenoxy) is 1. The first-order chi connectivity index (χ1) is 14.2. The summed E-state index contributed by atoms with van der Waals surface area (Å²) in [6, 6.07) is 13.1. The molecule has 2 N–H and O–H groups in total. The fourth-order valence-electron chi connectivity index (χ4n) is 2.49. The molecule has 0 heterocycles. The van der Waals surface area contributed by atoms with Crippen LogP contribution < -0.4 is 10.0 Å². The molecule has 0 saturated carbocycles. The Hall–Kier alpha value is -2.13. The first kappa shape index (κ1) is 24.1. The Morgan fingerprint density at radius 2 is 1.77 bits per heavy atom. The second kappa shape index (κ2) is 11.3. The zero-order chi connectivity index (χ0) is 22.1. The Morgan fingerprint density at radius 1 is 1.07 bits per heavy atom. The van der Waals surface area contributed by atoms with Crippen LogP contribution in [0.4, 0.5) is 0 Å². The molecule has 10 heteroatoms. The summed E-state index contributed by atoms with van der Waals surface area (Å²) in [7, 11) is -3.77. The van der Waals surface area contributed by atoms with Crippen LogP contribution in [-0.4, -0.2) is 33.4 Å². The zero-order valence-corrected chi connectivity index (χ0v) is 18.6. The number of halogens is 2. The Kier molecular flexibility index (Phi) is 9.10. The van der Waals surface area contributed by atoms with Crippen molar-refractivity contribution in [2.75, 3.05) is 13.2 Å². The van der Waals surface area contributed by atoms with E-state index in [9.17, 15) is 18.0 Å². The number of hydrogen-bond acceptors (Lipinski definition) is 5. The maximum absolute atomic E-state index is 12.2. The summed E-state index contributed by atoms with van der Waals surface area (Å²) >= 11 is 11.6. The number of esters is 1. The highest BCUT2D eigenvalue weighted by Gasteiger charge is 2.16. The quantitative estimate of drug-likeness (QED) is 0.407. The van der Waals surface area contributed by atoms with Gasteiger partial charge in [0.2, 0.25) is 10.0 Å². The van der Waals surface area contributed by atoms with Crippen LogP contribution in [0.25, 0.3) is 0 Å². The molecule has 1 unspecified atom stereocenters. The average molecular weight is 473 g/mol. The van der Waals surface area contributed by atoms with E-state index in [2.05, 4.69) is 10.0 Å². The van der Waals surface area contributed by atoms with E-state index in [0.29, 0.717) is 0 Å². The monoisotopic (exact) mass is 472 g/mol. The molecule has 0 spiro atoms. The fourth-order valence-corrected chi connectivity index (χ4v) is 3.96. The fraction of sp³-hybridized carbons (Fsp3) is 0.300. The van der Waals surface area contributed by atoms with Crippen LogP contribution in [-0.2, 0) is 24.3 Å². The van der Waals surface area contributed by atoms with Crippen molar-refractivity contribution < 1.29 is 22.7 Å². The van der Waals surface area contributed by atoms with Crippen LogP contribution in [0.2, 0.25) is 10.0 Å². The first-order valence-corrected chi connectivity index (χ1v) is 11.4. The third-order valence-corrected chi connectivity index (χ3v) is 6.29. The van der Waals surface area contributed by atoms with Gasteiger partial charge in [0.05, 0.1) is 21.0 Å². The van der Waals surface area contributed by atoms with Gasteiger partial charge in [0.15, 0.2) is 6.61 Å². The van der Waals surface area contributed by atoms with E-state index in [-0.39, 0.29) is 40.4 Å². The number of hydrogen-bond donors (Lipinski definition) is 2. The first-order valence-electron chi connectivity index (χ1n) is 9.13. The molecule has 0 fully saturated rings. The van der Waals surface area contributed by atoms with Crippen LogP contribution in [0.5, 0.6) is 0 Å². The predicted molar refractivity (Wildman–Crippen MR) is 115 cm³/mol. The van der Waals surface area contributed by atoms with Gasteiger partial charge in [-0.25, -0.2) is 13.1 Å². The number of nitrogens with one attached hydrogen (secondary N) is 2. The maximum Gasteiger partial charge on any atom is 0.306 e. The van der Waals surface area contributed by atoms with Gasteiger partial charge in [-0.05, 0) is 37.1 Å². The van der Waals surface area contributed by atoms with Gasteiger partial charge in [0, 0.05) is 13.0 Å². The molecule has 0 aromatic heterocycles. The smallest absolute Gasteiger partial charge is 0.306 e. The van der Waals surface area contributed by atoms with Crippen LogP contribution in [0.15, 0.2) is 53.4 Å². The molecule has 2 aromatic rings. The van der Waals surface area contributed by atoms with Gasteiger partial charge in [-0.1, -0.05) is 53.5 Å². The number of benzene rings is 2. The van der Waals surface area contributed by atoms with Crippen molar-refractivity contribution in [1.82, 2.24) is 10.0 Å². The molecule has 30 heavy (non-hydrogen) atoms. The Morgan fingerprint density at radius 3 is 2.43 bits per heavy atom. The minimum atomic E-state index is -3.77. The van der Waals surface area contributed by atoms with E-state index in [1.165, 1.54) is 18.2 Å². The molecule has 0 radical (unpaired) electrons. The summed E-state index contributed by atoms with van der Waals surface area (Å²) in [6.45, 7) is 1.45. The minimum Gasteiger partial charge on any atom is -0.456 e. The van der Waals surface area contributed by atoms with Gasteiger partial charge in [-0.2, -0.15) is 0 Å². The van der Waals surface area contributed by atoms with E-state index in [0.717, 1.165) is 5.56 Å². The molecular formula is C20H22Cl2N2O5S. The van der Waals surface area contributed by atoms with Gasteiger partial charge in [0.25, 0.3) is 5.91 Å². The van der Waals surface area contributed by atoms with E-state index in [1.54, 1.807) is 0 Å². The van der Waals surface area contributed by atoms with E-state index < -0.39 is 28.5 Å². The summed E-state index contributed by atoms with van der Waals surface area (Å²) in [4.78, 5) is 23.6. The second-order valence-corrected chi connectivity index (χ2v) is 9.02. The van der Waals surface area contributed by atoms with E-state index in [1.807, 2.05) is 37.3 Å². The molecule has 0 aliphatic carbocycles. The topological polar surface area (TPSA) is 102 Å². The Labute approximate surface area is 185 Å². The third-order valence-electron chi connectivity index (χ3n) is 4.09. The molecule has 0 saturated heterocycles. The summed E-state index contributed by atoms with van der Waals surface area (Å²) in [5.41, 5.74) is 0.937. The summed E-state index contributed by atoms with van der Waals surface area (Å²) in [5.74, 6) is -1.01. The molecule has 0 bridgehead atoms. The third kappa shape index (κ3) is 7.60. The van der Waals surface area contributed by atoms with Gasteiger partial charge in [-0.3, -0.25) is 9.59 Å². The van der Waals surface area contributed by atoms with Crippen molar-refractivity contribution >= 4 is 45.1 Å². The van der Waals surface area contributed by atoms with Gasteiger partial charge in [0.1, 0.15) is 0 Å². The molecule has 7 nitrogen and oxygen atoms in total. The molecule has 1 amide bonds. The minimum absolute atomic E-state index is 0.0227. The largest absolute Gasteiger partial charge is 0.456 e. The van der Waals surface area contributed by atoms with Crippen molar-refractivity contribution in [2.45, 2.75) is 30.7 Å². The lowest BCUT2D eigenvalue weighted by Gasteiger charge is -2.14. The molecule has 2 rings (SSSR count). The molecule has 0 aliphatic rings. The average Bonchev–Trinajstić information content (AvgIpc) is 2.72. The zero-order valence-electron chi connectivity index (χ0n) is 16.2. The van der Waals surface area contributed by atoms with Crippen molar-refractivity contribution in [3.8, 4) is 0 Å². The molecule has 0 aliphatic heterocycles. The van der Waals surface area contributed by atoms with Crippen LogP contribution >= 0.6 is 23.2 Å². The molecule has 2 aromatic carbocycles. The molecule has 162 valence electrons. The molecular weight excluding hydrogens is 451 g/mol. The SMILES string of the molecule is CC(NC(=O)COC(=O)CCCNS(=O)(=O)c1ccc(Cl)c(Cl)c1)c1ccccc1. The number of sulfonamides is 1. The van der Waals surface area contributed by atoms with E-state index >= 15 is 0 Å². The highest BCUT2D eigenvalue weighted by Crippen LogP contribution is 2.24. The highest BCUT2D eigenvalue weighted by atomic mass is 35.5. The second-order valence-electron chi connectivity index (χ2n) is 6.44. The van der Waals surface area contributed by atoms with Crippen LogP contribution in [0.1, 0.15) is 31.4 Å². The number of rotatable bonds is 10. The summed E-state index contributed by atoms with van der Waals surface area (Å²) in [6.07, 6.45) is 0.173. The van der Waals surface area contributed by atoms with Crippen molar-refractivity contribution in [3.05, 3.63) is 64.1 Å². The number of carbonyl (C=O) groups excluding carboxylic acids is 2.